The van der Waals surface area contributed by atoms with Gasteiger partial charge >= 0.3 is 0 Å². The number of aromatic nitrogens is 3. The Morgan fingerprint density at radius 3 is 1.73 bits per heavy atom. The highest BCUT2D eigenvalue weighted by Crippen LogP contribution is 2.55. The van der Waals surface area contributed by atoms with E-state index in [9.17, 15) is 0 Å². The van der Waals surface area contributed by atoms with Gasteiger partial charge in [-0.3, -0.25) is 4.90 Å². The van der Waals surface area contributed by atoms with Gasteiger partial charge in [-0.1, -0.05) is 155 Å². The van der Waals surface area contributed by atoms with E-state index in [0.717, 1.165) is 22.5 Å². The molecule has 4 heteroatoms. The fourth-order valence-electron chi connectivity index (χ4n) is 8.20. The quantitative estimate of drug-likeness (QED) is 0.189. The minimum Gasteiger partial charge on any atom is -0.278 e. The van der Waals surface area contributed by atoms with Gasteiger partial charge in [0.25, 0.3) is 0 Å². The third-order valence-electron chi connectivity index (χ3n) is 10.5. The highest BCUT2D eigenvalue weighted by Gasteiger charge is 2.40. The van der Waals surface area contributed by atoms with Crippen molar-refractivity contribution < 1.29 is 0 Å². The van der Waals surface area contributed by atoms with Crippen molar-refractivity contribution in [3.8, 4) is 45.0 Å². The molecule has 1 heterocycles. The topological polar surface area (TPSA) is 41.9 Å². The summed E-state index contributed by atoms with van der Waals surface area (Å²) in [5.41, 5.74) is 13.8. The smallest absolute Gasteiger partial charge is 0.238 e. The minimum absolute atomic E-state index is 0.144. The lowest BCUT2D eigenvalue weighted by Crippen LogP contribution is -2.19. The predicted molar refractivity (Wildman–Crippen MR) is 201 cm³/mol. The van der Waals surface area contributed by atoms with Gasteiger partial charge in [-0.25, -0.2) is 4.98 Å². The molecule has 9 rings (SSSR count). The van der Waals surface area contributed by atoms with Gasteiger partial charge < -0.3 is 0 Å². The molecule has 4 nitrogen and oxygen atoms in total. The highest BCUT2D eigenvalue weighted by molar-refractivity contribution is 5.94. The molecule has 0 saturated carbocycles. The van der Waals surface area contributed by atoms with Gasteiger partial charge in [0.15, 0.2) is 11.6 Å². The summed E-state index contributed by atoms with van der Waals surface area (Å²) >= 11 is 0. The largest absolute Gasteiger partial charge is 0.278 e. The Bertz CT molecular complexity index is 2390. The number of rotatable bonds is 5. The van der Waals surface area contributed by atoms with Crippen LogP contribution in [-0.4, -0.2) is 15.0 Å². The Balaban J connectivity index is 1.33. The zero-order valence-corrected chi connectivity index (χ0v) is 28.1. The third-order valence-corrected chi connectivity index (χ3v) is 10.5. The molecule has 0 saturated heterocycles. The van der Waals surface area contributed by atoms with E-state index >= 15 is 0 Å². The Kier molecular flexibility index (Phi) is 6.47. The van der Waals surface area contributed by atoms with Gasteiger partial charge in [0, 0.05) is 33.2 Å². The van der Waals surface area contributed by atoms with Crippen molar-refractivity contribution in [3.63, 3.8) is 0 Å². The number of benzene rings is 6. The van der Waals surface area contributed by atoms with Gasteiger partial charge in [0.1, 0.15) is 0 Å². The molecule has 0 bridgehead atoms. The predicted octanol–water partition coefficient (Wildman–Crippen LogP) is 11.3. The number of hydrogen-bond donors (Lipinski definition) is 0. The van der Waals surface area contributed by atoms with Crippen molar-refractivity contribution in [3.05, 3.63) is 168 Å². The van der Waals surface area contributed by atoms with E-state index in [-0.39, 0.29) is 10.8 Å². The molecule has 0 amide bonds. The molecule has 0 radical (unpaired) electrons. The van der Waals surface area contributed by atoms with E-state index in [1.165, 1.54) is 44.5 Å². The van der Waals surface area contributed by atoms with Crippen molar-refractivity contribution in [1.82, 2.24) is 15.0 Å². The number of nitrogens with zero attached hydrogens (tertiary/aromatic N) is 4. The highest BCUT2D eigenvalue weighted by atomic mass is 15.3. The van der Waals surface area contributed by atoms with Crippen LogP contribution >= 0.6 is 0 Å². The van der Waals surface area contributed by atoms with Crippen LogP contribution < -0.4 is 4.90 Å². The molecule has 2 aliphatic rings. The lowest BCUT2D eigenvalue weighted by Gasteiger charge is -2.28. The molecule has 7 aromatic rings. The van der Waals surface area contributed by atoms with E-state index in [0.29, 0.717) is 17.6 Å². The van der Waals surface area contributed by atoms with Crippen LogP contribution in [0.25, 0.3) is 45.0 Å². The summed E-state index contributed by atoms with van der Waals surface area (Å²) in [6.45, 7) is 9.26. The number of anilines is 3. The molecule has 0 atom stereocenters. The summed E-state index contributed by atoms with van der Waals surface area (Å²) < 4.78 is 0. The van der Waals surface area contributed by atoms with Crippen LogP contribution in [-0.2, 0) is 10.8 Å². The van der Waals surface area contributed by atoms with Gasteiger partial charge in [0.05, 0.1) is 5.69 Å². The first-order valence-electron chi connectivity index (χ1n) is 17.0. The molecule has 0 unspecified atom stereocenters. The van der Waals surface area contributed by atoms with Gasteiger partial charge in [0.2, 0.25) is 5.95 Å². The van der Waals surface area contributed by atoms with E-state index < -0.39 is 0 Å². The molecule has 1 aromatic heterocycles. The molecule has 2 aliphatic carbocycles. The Morgan fingerprint density at radius 2 is 0.980 bits per heavy atom. The van der Waals surface area contributed by atoms with Crippen LogP contribution in [0, 0.1) is 0 Å². The SMILES string of the molecule is CC1(C)c2ccccc2-c2c(N(c3ccccc3)c3nc(-c4ccccc4)nc(-c4cccc5c4C(C)(C)c4ccccc4-5)n3)cccc21. The Labute approximate surface area is 287 Å². The number of fused-ring (bicyclic) bond motifs is 6. The summed E-state index contributed by atoms with van der Waals surface area (Å²) in [6, 6.07) is 51.4. The average molecular weight is 633 g/mol. The molecule has 0 fully saturated rings. The maximum Gasteiger partial charge on any atom is 0.238 e. The average Bonchev–Trinajstić information content (AvgIpc) is 3.53. The second-order valence-corrected chi connectivity index (χ2v) is 14.1. The fourth-order valence-corrected chi connectivity index (χ4v) is 8.20. The van der Waals surface area contributed by atoms with E-state index in [1.54, 1.807) is 0 Å². The zero-order valence-electron chi connectivity index (χ0n) is 28.1. The third kappa shape index (κ3) is 4.40. The van der Waals surface area contributed by atoms with Crippen LogP contribution in [0.3, 0.4) is 0 Å². The minimum atomic E-state index is -0.225. The number of para-hydroxylation sites is 1. The molecule has 0 N–H and O–H groups in total. The van der Waals surface area contributed by atoms with Crippen LogP contribution in [0.1, 0.15) is 49.9 Å². The molecule has 49 heavy (non-hydrogen) atoms. The standard InChI is InChI=1S/C45H36N4/c1-44(2)36-26-14-12-22-33(36)39-37(44)27-16-28-38(39)49(30-19-9-6-10-20-30)43-47-41(29-17-7-5-8-18-29)46-42(48-43)34-24-15-23-32-31-21-11-13-25-35(31)45(3,4)40(32)34/h5-28H,1-4H3. The normalized spacial score (nSPS) is 14.4. The van der Waals surface area contributed by atoms with Gasteiger partial charge in [-0.15, -0.1) is 0 Å². The summed E-state index contributed by atoms with van der Waals surface area (Å²) in [5, 5.41) is 0. The molecule has 236 valence electrons. The van der Waals surface area contributed by atoms with E-state index in [1.807, 2.05) is 18.2 Å². The molecular formula is C45H36N4. The molecule has 0 aliphatic heterocycles. The van der Waals surface area contributed by atoms with Gasteiger partial charge in [-0.05, 0) is 57.1 Å². The van der Waals surface area contributed by atoms with Crippen molar-refractivity contribution >= 4 is 17.3 Å². The van der Waals surface area contributed by atoms with Crippen LogP contribution in [0.2, 0.25) is 0 Å². The van der Waals surface area contributed by atoms with Crippen molar-refractivity contribution in [2.24, 2.45) is 0 Å². The fraction of sp³-hybridized carbons (Fsp3) is 0.133. The number of hydrogen-bond acceptors (Lipinski definition) is 4. The lowest BCUT2D eigenvalue weighted by molar-refractivity contribution is 0.660. The first-order valence-corrected chi connectivity index (χ1v) is 17.0. The molecule has 6 aromatic carbocycles. The first-order chi connectivity index (χ1) is 23.8. The summed E-state index contributed by atoms with van der Waals surface area (Å²) in [5.74, 6) is 1.88. The Morgan fingerprint density at radius 1 is 0.429 bits per heavy atom. The molecule has 0 spiro atoms. The zero-order chi connectivity index (χ0) is 33.3. The monoisotopic (exact) mass is 632 g/mol. The molecular weight excluding hydrogens is 597 g/mol. The van der Waals surface area contributed by atoms with E-state index in [4.69, 9.17) is 15.0 Å². The van der Waals surface area contributed by atoms with Crippen molar-refractivity contribution in [1.29, 1.82) is 0 Å². The summed E-state index contributed by atoms with van der Waals surface area (Å²) in [4.78, 5) is 18.1. The van der Waals surface area contributed by atoms with Gasteiger partial charge in [-0.2, -0.15) is 9.97 Å². The van der Waals surface area contributed by atoms with Crippen LogP contribution in [0.15, 0.2) is 146 Å². The van der Waals surface area contributed by atoms with Crippen molar-refractivity contribution in [2.45, 2.75) is 38.5 Å². The first kappa shape index (κ1) is 29.3. The summed E-state index contributed by atoms with van der Waals surface area (Å²) in [7, 11) is 0. The maximum absolute atomic E-state index is 5.41. The maximum atomic E-state index is 5.41. The van der Waals surface area contributed by atoms with Crippen LogP contribution in [0.4, 0.5) is 17.3 Å². The second-order valence-electron chi connectivity index (χ2n) is 14.1. The van der Waals surface area contributed by atoms with E-state index in [2.05, 4.69) is 160 Å². The lowest BCUT2D eigenvalue weighted by atomic mass is 9.80. The second kappa shape index (κ2) is 10.8. The Hall–Kier alpha value is -5.87. The van der Waals surface area contributed by atoms with Crippen molar-refractivity contribution in [2.75, 3.05) is 4.90 Å². The summed E-state index contributed by atoms with van der Waals surface area (Å²) in [6.07, 6.45) is 0. The van der Waals surface area contributed by atoms with Crippen LogP contribution in [0.5, 0.6) is 0 Å².